The van der Waals surface area contributed by atoms with Gasteiger partial charge in [0, 0.05) is 5.39 Å². The van der Waals surface area contributed by atoms with Crippen LogP contribution in [0.1, 0.15) is 23.0 Å². The number of ether oxygens (including phenoxy) is 2. The Kier molecular flexibility index (Phi) is 6.20. The Balaban J connectivity index is 1.88. The highest BCUT2D eigenvalue weighted by Gasteiger charge is 2.19. The third kappa shape index (κ3) is 4.64. The van der Waals surface area contributed by atoms with Gasteiger partial charge in [0.15, 0.2) is 5.69 Å². The molecule has 0 aliphatic carbocycles. The molecule has 8 heteroatoms. The van der Waals surface area contributed by atoms with Gasteiger partial charge in [0.25, 0.3) is 0 Å². The van der Waals surface area contributed by atoms with E-state index in [1.54, 1.807) is 6.92 Å². The van der Waals surface area contributed by atoms with Crippen molar-refractivity contribution in [3.05, 3.63) is 70.1 Å². The minimum absolute atomic E-state index is 0.0595. The maximum absolute atomic E-state index is 13.9. The number of aromatic nitrogens is 1. The molecule has 3 aromatic rings. The second-order valence-electron chi connectivity index (χ2n) is 5.75. The van der Waals surface area contributed by atoms with Gasteiger partial charge in [0.2, 0.25) is 0 Å². The van der Waals surface area contributed by atoms with Crippen LogP contribution in [0.3, 0.4) is 0 Å². The highest BCUT2D eigenvalue weighted by atomic mass is 79.9. The monoisotopic (exact) mass is 446 g/mol. The number of carbonyl (C=O) groups excluding carboxylic acids is 2. The van der Waals surface area contributed by atoms with Crippen LogP contribution in [-0.4, -0.2) is 23.7 Å². The standard InChI is InChI=1S/C20H16BrFN2O4/c1-2-27-19(25)18-17(9-13-8-15(22)14(21)10-16(13)23-18)24-20(26)28-11-12-6-4-3-5-7-12/h3-10H,2,11H2,1H3,(H,24,26). The number of amides is 1. The zero-order valence-electron chi connectivity index (χ0n) is 14.9. The average molecular weight is 447 g/mol. The topological polar surface area (TPSA) is 77.5 Å². The van der Waals surface area contributed by atoms with Gasteiger partial charge in [-0.05, 0) is 46.6 Å². The molecule has 0 bridgehead atoms. The summed E-state index contributed by atoms with van der Waals surface area (Å²) in [5.41, 5.74) is 1.17. The fraction of sp³-hybridized carbons (Fsp3) is 0.150. The van der Waals surface area contributed by atoms with E-state index in [0.29, 0.717) is 10.9 Å². The van der Waals surface area contributed by atoms with E-state index in [1.165, 1.54) is 18.2 Å². The van der Waals surface area contributed by atoms with Crippen LogP contribution in [0.4, 0.5) is 14.9 Å². The molecule has 1 heterocycles. The second-order valence-corrected chi connectivity index (χ2v) is 6.61. The molecule has 0 atom stereocenters. The van der Waals surface area contributed by atoms with Crippen LogP contribution in [0.2, 0.25) is 0 Å². The number of hydrogen-bond donors (Lipinski definition) is 1. The first-order valence-corrected chi connectivity index (χ1v) is 9.22. The first-order valence-electron chi connectivity index (χ1n) is 8.42. The maximum Gasteiger partial charge on any atom is 0.412 e. The lowest BCUT2D eigenvalue weighted by Gasteiger charge is -2.12. The molecule has 0 saturated carbocycles. The quantitative estimate of drug-likeness (QED) is 0.554. The number of carbonyl (C=O) groups is 2. The summed E-state index contributed by atoms with van der Waals surface area (Å²) >= 11 is 3.09. The number of hydrogen-bond acceptors (Lipinski definition) is 5. The van der Waals surface area contributed by atoms with Gasteiger partial charge in [-0.3, -0.25) is 5.32 Å². The summed E-state index contributed by atoms with van der Waals surface area (Å²) in [5.74, 6) is -1.20. The Hall–Kier alpha value is -3.00. The van der Waals surface area contributed by atoms with Crippen molar-refractivity contribution in [1.82, 2.24) is 4.98 Å². The molecule has 1 N–H and O–H groups in total. The smallest absolute Gasteiger partial charge is 0.412 e. The van der Waals surface area contributed by atoms with E-state index in [1.807, 2.05) is 30.3 Å². The van der Waals surface area contributed by atoms with Crippen molar-refractivity contribution in [2.45, 2.75) is 13.5 Å². The fourth-order valence-electron chi connectivity index (χ4n) is 2.49. The van der Waals surface area contributed by atoms with Crippen LogP contribution in [0.5, 0.6) is 0 Å². The number of nitrogens with zero attached hydrogens (tertiary/aromatic N) is 1. The second kappa shape index (κ2) is 8.79. The molecule has 0 unspecified atom stereocenters. The molecule has 3 rings (SSSR count). The molecule has 0 saturated heterocycles. The minimum Gasteiger partial charge on any atom is -0.461 e. The fourth-order valence-corrected chi connectivity index (χ4v) is 2.82. The van der Waals surface area contributed by atoms with E-state index in [9.17, 15) is 14.0 Å². The van der Waals surface area contributed by atoms with Crippen LogP contribution in [0.15, 0.2) is 53.0 Å². The summed E-state index contributed by atoms with van der Waals surface area (Å²) in [6.07, 6.45) is -0.770. The number of benzene rings is 2. The normalized spacial score (nSPS) is 10.5. The summed E-state index contributed by atoms with van der Waals surface area (Å²) in [6.45, 7) is 1.86. The number of fused-ring (bicyclic) bond motifs is 1. The first kappa shape index (κ1) is 19.8. The van der Waals surface area contributed by atoms with E-state index < -0.39 is 17.9 Å². The highest BCUT2D eigenvalue weighted by molar-refractivity contribution is 9.10. The zero-order valence-corrected chi connectivity index (χ0v) is 16.5. The van der Waals surface area contributed by atoms with Gasteiger partial charge in [0.05, 0.1) is 22.3 Å². The van der Waals surface area contributed by atoms with Gasteiger partial charge >= 0.3 is 12.1 Å². The summed E-state index contributed by atoms with van der Waals surface area (Å²) in [5, 5.41) is 2.90. The molecule has 144 valence electrons. The molecule has 28 heavy (non-hydrogen) atoms. The van der Waals surface area contributed by atoms with E-state index in [2.05, 4.69) is 26.2 Å². The van der Waals surface area contributed by atoms with Gasteiger partial charge < -0.3 is 9.47 Å². The van der Waals surface area contributed by atoms with E-state index >= 15 is 0 Å². The van der Waals surface area contributed by atoms with Gasteiger partial charge in [0.1, 0.15) is 12.4 Å². The van der Waals surface area contributed by atoms with Gasteiger partial charge in [-0.25, -0.2) is 19.0 Å². The van der Waals surface area contributed by atoms with Crippen molar-refractivity contribution in [1.29, 1.82) is 0 Å². The number of nitrogens with one attached hydrogen (secondary N) is 1. The molecule has 0 spiro atoms. The molecule has 1 aromatic heterocycles. The lowest BCUT2D eigenvalue weighted by atomic mass is 10.1. The Labute approximate surface area is 168 Å². The van der Waals surface area contributed by atoms with Gasteiger partial charge in [-0.1, -0.05) is 30.3 Å². The molecule has 0 aliphatic heterocycles. The van der Waals surface area contributed by atoms with Crippen LogP contribution in [-0.2, 0) is 16.1 Å². The Morgan fingerprint density at radius 3 is 2.61 bits per heavy atom. The number of pyridine rings is 1. The molecule has 0 fully saturated rings. The largest absolute Gasteiger partial charge is 0.461 e. The van der Waals surface area contributed by atoms with Crippen molar-refractivity contribution >= 4 is 44.6 Å². The summed E-state index contributed by atoms with van der Waals surface area (Å²) in [7, 11) is 0. The van der Waals surface area contributed by atoms with Crippen molar-refractivity contribution in [2.24, 2.45) is 0 Å². The summed E-state index contributed by atoms with van der Waals surface area (Å²) in [4.78, 5) is 28.7. The van der Waals surface area contributed by atoms with Crippen LogP contribution < -0.4 is 5.32 Å². The molecule has 0 aliphatic rings. The predicted molar refractivity (Wildman–Crippen MR) is 106 cm³/mol. The Morgan fingerprint density at radius 1 is 1.14 bits per heavy atom. The van der Waals surface area contributed by atoms with Crippen molar-refractivity contribution in [2.75, 3.05) is 11.9 Å². The molecule has 1 amide bonds. The van der Waals surface area contributed by atoms with Crippen LogP contribution >= 0.6 is 15.9 Å². The maximum atomic E-state index is 13.9. The minimum atomic E-state index is -0.770. The highest BCUT2D eigenvalue weighted by Crippen LogP contribution is 2.27. The van der Waals surface area contributed by atoms with E-state index in [4.69, 9.17) is 9.47 Å². The number of esters is 1. The Morgan fingerprint density at radius 2 is 1.89 bits per heavy atom. The van der Waals surface area contributed by atoms with E-state index in [-0.39, 0.29) is 29.1 Å². The zero-order chi connectivity index (χ0) is 20.1. The number of halogens is 2. The number of anilines is 1. The predicted octanol–water partition coefficient (Wildman–Crippen LogP) is 5.06. The Bertz CT molecular complexity index is 1030. The summed E-state index contributed by atoms with van der Waals surface area (Å²) < 4.78 is 24.2. The third-order valence-corrected chi connectivity index (χ3v) is 4.38. The van der Waals surface area contributed by atoms with Crippen LogP contribution in [0, 0.1) is 5.82 Å². The molecule has 6 nitrogen and oxygen atoms in total. The SMILES string of the molecule is CCOC(=O)c1nc2cc(Br)c(F)cc2cc1NC(=O)OCc1ccccc1. The molecule has 2 aromatic carbocycles. The van der Waals surface area contributed by atoms with Crippen molar-refractivity contribution in [3.63, 3.8) is 0 Å². The average Bonchev–Trinajstić information content (AvgIpc) is 2.68. The third-order valence-electron chi connectivity index (χ3n) is 3.78. The van der Waals surface area contributed by atoms with Crippen LogP contribution in [0.25, 0.3) is 10.9 Å². The lowest BCUT2D eigenvalue weighted by molar-refractivity contribution is 0.0521. The van der Waals surface area contributed by atoms with Gasteiger partial charge in [-0.2, -0.15) is 0 Å². The molecule has 0 radical (unpaired) electrons. The van der Waals surface area contributed by atoms with Crippen molar-refractivity contribution in [3.8, 4) is 0 Å². The van der Waals surface area contributed by atoms with Gasteiger partial charge in [-0.15, -0.1) is 0 Å². The lowest BCUT2D eigenvalue weighted by Crippen LogP contribution is -2.18. The summed E-state index contributed by atoms with van der Waals surface area (Å²) in [6, 6.07) is 13.3. The molecular weight excluding hydrogens is 431 g/mol. The van der Waals surface area contributed by atoms with E-state index in [0.717, 1.165) is 5.56 Å². The number of rotatable bonds is 5. The molecular formula is C20H16BrFN2O4. The first-order chi connectivity index (χ1) is 13.5. The van der Waals surface area contributed by atoms with Crippen molar-refractivity contribution < 1.29 is 23.5 Å².